The zero-order chi connectivity index (χ0) is 26.2. The van der Waals surface area contributed by atoms with Gasteiger partial charge < -0.3 is 19.4 Å². The highest BCUT2D eigenvalue weighted by Crippen LogP contribution is 2.14. The maximum atomic E-state index is 13.0. The lowest BCUT2D eigenvalue weighted by Crippen LogP contribution is -2.24. The number of rotatable bonds is 10. The highest BCUT2D eigenvalue weighted by Gasteiger charge is 2.18. The maximum Gasteiger partial charge on any atom is 0.338 e. The fraction of sp³-hybridized carbons (Fsp3) is 0.214. The molecule has 1 amide bonds. The molecule has 0 unspecified atom stereocenters. The van der Waals surface area contributed by atoms with Gasteiger partial charge in [-0.2, -0.15) is 5.10 Å². The molecule has 0 fully saturated rings. The van der Waals surface area contributed by atoms with Gasteiger partial charge in [-0.25, -0.2) is 4.79 Å². The second-order valence-corrected chi connectivity index (χ2v) is 8.43. The first-order valence-electron chi connectivity index (χ1n) is 11.7. The number of esters is 1. The standard InChI is InChI=1S/C28H28N4O5/c1-36-19-25-24(27(34)29-15-22-7-3-4-8-23(22)28(35)37-2)18-32(30-25)17-21-12-10-20(11-13-21)16-31-14-6-5-9-26(31)33/h3-14,18H,15-17,19H2,1-2H3,(H,29,34). The molecule has 0 bridgehead atoms. The van der Waals surface area contributed by atoms with Crippen LogP contribution in [0.1, 0.15) is 43.1 Å². The lowest BCUT2D eigenvalue weighted by atomic mass is 10.1. The van der Waals surface area contributed by atoms with Gasteiger partial charge in [0.25, 0.3) is 11.5 Å². The summed E-state index contributed by atoms with van der Waals surface area (Å²) < 4.78 is 13.4. The number of ether oxygens (including phenoxy) is 2. The Morgan fingerprint density at radius 2 is 1.59 bits per heavy atom. The van der Waals surface area contributed by atoms with Gasteiger partial charge in [0.05, 0.1) is 37.9 Å². The van der Waals surface area contributed by atoms with Gasteiger partial charge in [0.1, 0.15) is 5.69 Å². The molecule has 2 heterocycles. The van der Waals surface area contributed by atoms with Crippen molar-refractivity contribution in [2.45, 2.75) is 26.2 Å². The summed E-state index contributed by atoms with van der Waals surface area (Å²) in [5, 5.41) is 7.41. The fourth-order valence-corrected chi connectivity index (χ4v) is 3.95. The molecule has 2 aromatic heterocycles. The number of pyridine rings is 1. The van der Waals surface area contributed by atoms with Crippen LogP contribution in [-0.2, 0) is 35.7 Å². The van der Waals surface area contributed by atoms with Crippen LogP contribution in [0.2, 0.25) is 0 Å². The fourth-order valence-electron chi connectivity index (χ4n) is 3.95. The Labute approximate surface area is 214 Å². The van der Waals surface area contributed by atoms with Crippen LogP contribution in [0.4, 0.5) is 0 Å². The normalized spacial score (nSPS) is 10.8. The average Bonchev–Trinajstić information content (AvgIpc) is 3.31. The van der Waals surface area contributed by atoms with Crippen LogP contribution in [0.25, 0.3) is 0 Å². The summed E-state index contributed by atoms with van der Waals surface area (Å²) in [6.07, 6.45) is 3.45. The van der Waals surface area contributed by atoms with Crippen molar-refractivity contribution in [3.05, 3.63) is 123 Å². The molecule has 0 saturated heterocycles. The number of hydrogen-bond donors (Lipinski definition) is 1. The lowest BCUT2D eigenvalue weighted by molar-refractivity contribution is 0.0598. The molecule has 0 saturated carbocycles. The summed E-state index contributed by atoms with van der Waals surface area (Å²) in [5.74, 6) is -0.777. The molecule has 4 aromatic rings. The van der Waals surface area contributed by atoms with Crippen molar-refractivity contribution in [1.29, 1.82) is 0 Å². The molecule has 4 rings (SSSR count). The molecule has 190 valence electrons. The molecule has 37 heavy (non-hydrogen) atoms. The van der Waals surface area contributed by atoms with Crippen LogP contribution in [0.5, 0.6) is 0 Å². The van der Waals surface area contributed by atoms with Crippen molar-refractivity contribution in [3.8, 4) is 0 Å². The van der Waals surface area contributed by atoms with Crippen LogP contribution >= 0.6 is 0 Å². The van der Waals surface area contributed by atoms with Crippen LogP contribution in [0.15, 0.2) is 83.9 Å². The number of methoxy groups -OCH3 is 2. The molecule has 1 N–H and O–H groups in total. The smallest absolute Gasteiger partial charge is 0.338 e. The van der Waals surface area contributed by atoms with Gasteiger partial charge in [-0.1, -0.05) is 48.5 Å². The average molecular weight is 501 g/mol. The quantitative estimate of drug-likeness (QED) is 0.336. The number of hydrogen-bond acceptors (Lipinski definition) is 6. The van der Waals surface area contributed by atoms with E-state index in [1.807, 2.05) is 30.3 Å². The van der Waals surface area contributed by atoms with Gasteiger partial charge >= 0.3 is 5.97 Å². The summed E-state index contributed by atoms with van der Waals surface area (Å²) in [6, 6.07) is 20.0. The first kappa shape index (κ1) is 25.6. The van der Waals surface area contributed by atoms with Crippen LogP contribution in [-0.4, -0.2) is 40.4 Å². The maximum absolute atomic E-state index is 13.0. The van der Waals surface area contributed by atoms with Gasteiger partial charge in [-0.05, 0) is 28.8 Å². The van der Waals surface area contributed by atoms with Gasteiger partial charge in [0.15, 0.2) is 0 Å². The SMILES string of the molecule is COCc1nn(Cc2ccc(Cn3ccccc3=O)cc2)cc1C(=O)NCc1ccccc1C(=O)OC. The Morgan fingerprint density at radius 3 is 2.30 bits per heavy atom. The molecular formula is C28H28N4O5. The third-order valence-electron chi connectivity index (χ3n) is 5.85. The molecule has 9 heteroatoms. The van der Waals surface area contributed by atoms with Crippen molar-refractivity contribution in [1.82, 2.24) is 19.7 Å². The predicted molar refractivity (Wildman–Crippen MR) is 137 cm³/mol. The number of carbonyl (C=O) groups excluding carboxylic acids is 2. The van der Waals surface area contributed by atoms with Gasteiger partial charge in [-0.3, -0.25) is 14.3 Å². The Bertz CT molecular complexity index is 1440. The summed E-state index contributed by atoms with van der Waals surface area (Å²) in [6.45, 7) is 1.29. The van der Waals surface area contributed by atoms with E-state index in [2.05, 4.69) is 10.4 Å². The third-order valence-corrected chi connectivity index (χ3v) is 5.85. The molecular weight excluding hydrogens is 472 g/mol. The Hall–Kier alpha value is -4.50. The number of nitrogens with one attached hydrogen (secondary N) is 1. The van der Waals surface area contributed by atoms with E-state index >= 15 is 0 Å². The Kier molecular flexibility index (Phi) is 8.27. The number of nitrogens with zero attached hydrogens (tertiary/aromatic N) is 3. The summed E-state index contributed by atoms with van der Waals surface area (Å²) in [4.78, 5) is 37.0. The topological polar surface area (TPSA) is 104 Å². The minimum atomic E-state index is -0.459. The van der Waals surface area contributed by atoms with E-state index < -0.39 is 5.97 Å². The summed E-state index contributed by atoms with van der Waals surface area (Å²) in [7, 11) is 2.87. The summed E-state index contributed by atoms with van der Waals surface area (Å²) in [5.41, 5.74) is 3.92. The second-order valence-electron chi connectivity index (χ2n) is 8.43. The largest absolute Gasteiger partial charge is 0.465 e. The number of carbonyl (C=O) groups is 2. The van der Waals surface area contributed by atoms with Crippen molar-refractivity contribution in [2.24, 2.45) is 0 Å². The van der Waals surface area contributed by atoms with Crippen molar-refractivity contribution >= 4 is 11.9 Å². The van der Waals surface area contributed by atoms with E-state index in [9.17, 15) is 14.4 Å². The van der Waals surface area contributed by atoms with E-state index in [-0.39, 0.29) is 24.6 Å². The zero-order valence-electron chi connectivity index (χ0n) is 20.7. The van der Waals surface area contributed by atoms with Crippen LogP contribution in [0, 0.1) is 0 Å². The van der Waals surface area contributed by atoms with E-state index in [1.54, 1.807) is 59.1 Å². The third kappa shape index (κ3) is 6.39. The van der Waals surface area contributed by atoms with Crippen molar-refractivity contribution < 1.29 is 19.1 Å². The first-order chi connectivity index (χ1) is 18.0. The molecule has 0 spiro atoms. The predicted octanol–water partition coefficient (Wildman–Crippen LogP) is 3.00. The molecule has 9 nitrogen and oxygen atoms in total. The minimum absolute atomic E-state index is 0.0478. The number of benzene rings is 2. The van der Waals surface area contributed by atoms with E-state index in [0.717, 1.165) is 11.1 Å². The highest BCUT2D eigenvalue weighted by atomic mass is 16.5. The molecule has 0 aliphatic heterocycles. The van der Waals surface area contributed by atoms with Gasteiger partial charge in [-0.15, -0.1) is 0 Å². The zero-order valence-corrected chi connectivity index (χ0v) is 20.7. The first-order valence-corrected chi connectivity index (χ1v) is 11.7. The number of aromatic nitrogens is 3. The molecule has 0 aliphatic carbocycles. The van der Waals surface area contributed by atoms with E-state index in [0.29, 0.717) is 35.5 Å². The molecule has 0 aliphatic rings. The van der Waals surface area contributed by atoms with Crippen LogP contribution < -0.4 is 10.9 Å². The molecule has 0 radical (unpaired) electrons. The van der Waals surface area contributed by atoms with Gasteiger partial charge in [0, 0.05) is 32.1 Å². The van der Waals surface area contributed by atoms with Crippen molar-refractivity contribution in [2.75, 3.05) is 14.2 Å². The number of amides is 1. The van der Waals surface area contributed by atoms with Crippen molar-refractivity contribution in [3.63, 3.8) is 0 Å². The highest BCUT2D eigenvalue weighted by molar-refractivity contribution is 5.95. The minimum Gasteiger partial charge on any atom is -0.465 e. The summed E-state index contributed by atoms with van der Waals surface area (Å²) >= 11 is 0. The molecule has 0 atom stereocenters. The van der Waals surface area contributed by atoms with E-state index in [4.69, 9.17) is 9.47 Å². The van der Waals surface area contributed by atoms with Gasteiger partial charge in [0.2, 0.25) is 0 Å². The van der Waals surface area contributed by atoms with E-state index in [1.165, 1.54) is 13.2 Å². The second kappa shape index (κ2) is 12.0. The Morgan fingerprint density at radius 1 is 0.892 bits per heavy atom. The lowest BCUT2D eigenvalue weighted by Gasteiger charge is -2.09. The Balaban J connectivity index is 1.45. The monoisotopic (exact) mass is 500 g/mol. The van der Waals surface area contributed by atoms with Crippen LogP contribution in [0.3, 0.4) is 0 Å². The molecule has 2 aromatic carbocycles.